The van der Waals surface area contributed by atoms with Gasteiger partial charge < -0.3 is 15.8 Å². The van der Waals surface area contributed by atoms with Crippen LogP contribution in [0.4, 0.5) is 20.5 Å². The Bertz CT molecular complexity index is 1310. The van der Waals surface area contributed by atoms with E-state index in [1.165, 1.54) is 0 Å². The summed E-state index contributed by atoms with van der Waals surface area (Å²) in [4.78, 5) is 10.3. The maximum absolute atomic E-state index is 13.1. The van der Waals surface area contributed by atoms with Gasteiger partial charge in [-0.25, -0.2) is 22.8 Å². The first-order valence-electron chi connectivity index (χ1n) is 11.1. The summed E-state index contributed by atoms with van der Waals surface area (Å²) in [5, 5.41) is 11.7. The number of ether oxygens (including phenoxy) is 1. The number of imidazole rings is 1. The Morgan fingerprint density at radius 2 is 1.94 bits per heavy atom. The molecule has 0 spiro atoms. The van der Waals surface area contributed by atoms with Gasteiger partial charge in [0.25, 0.3) is 5.92 Å². The van der Waals surface area contributed by atoms with E-state index in [0.29, 0.717) is 31.4 Å². The third-order valence-electron chi connectivity index (χ3n) is 6.27. The summed E-state index contributed by atoms with van der Waals surface area (Å²) in [6.07, 6.45) is 5.99. The lowest BCUT2D eigenvalue weighted by molar-refractivity contribution is -0.171. The van der Waals surface area contributed by atoms with Crippen LogP contribution < -0.4 is 11.1 Å². The maximum Gasteiger partial charge on any atom is 0.260 e. The third kappa shape index (κ3) is 4.14. The summed E-state index contributed by atoms with van der Waals surface area (Å²) in [6, 6.07) is 5.73. The SMILES string of the molecule is CC1(N2CCCC(F)(F)C2)COC1.CNc1nc(N)c2c(-c3ccc4nccn4n3)ccn2n1. The summed E-state index contributed by atoms with van der Waals surface area (Å²) >= 11 is 0. The summed E-state index contributed by atoms with van der Waals surface area (Å²) in [6.45, 7) is 3.90. The molecule has 6 heterocycles. The quantitative estimate of drug-likeness (QED) is 0.469. The van der Waals surface area contributed by atoms with Crippen LogP contribution in [0.3, 0.4) is 0 Å². The topological polar surface area (TPSA) is 111 Å². The number of rotatable bonds is 3. The number of nitrogen functional groups attached to an aromatic ring is 1. The van der Waals surface area contributed by atoms with Gasteiger partial charge in [0.15, 0.2) is 11.5 Å². The van der Waals surface area contributed by atoms with E-state index in [2.05, 4.69) is 25.5 Å². The fraction of sp³-hybridized carbons (Fsp3) is 0.455. The van der Waals surface area contributed by atoms with E-state index in [1.54, 1.807) is 28.5 Å². The van der Waals surface area contributed by atoms with Gasteiger partial charge in [-0.2, -0.15) is 10.1 Å². The molecule has 2 aliphatic heterocycles. The molecule has 0 amide bonds. The monoisotopic (exact) mass is 471 g/mol. The lowest BCUT2D eigenvalue weighted by atomic mass is 9.93. The predicted molar refractivity (Wildman–Crippen MR) is 124 cm³/mol. The Kier molecular flexibility index (Phi) is 5.56. The Morgan fingerprint density at radius 1 is 1.12 bits per heavy atom. The first-order valence-corrected chi connectivity index (χ1v) is 11.1. The molecule has 2 saturated heterocycles. The first kappa shape index (κ1) is 22.4. The molecule has 6 rings (SSSR count). The molecular weight excluding hydrogens is 444 g/mol. The average Bonchev–Trinajstić information content (AvgIpc) is 3.43. The number of piperidine rings is 1. The molecule has 0 aliphatic carbocycles. The zero-order valence-corrected chi connectivity index (χ0v) is 19.1. The van der Waals surface area contributed by atoms with E-state index in [-0.39, 0.29) is 18.5 Å². The highest BCUT2D eigenvalue weighted by Crippen LogP contribution is 2.34. The van der Waals surface area contributed by atoms with Crippen molar-refractivity contribution < 1.29 is 13.5 Å². The van der Waals surface area contributed by atoms with Crippen LogP contribution in [0.15, 0.2) is 36.8 Å². The van der Waals surface area contributed by atoms with Gasteiger partial charge in [0, 0.05) is 37.6 Å². The van der Waals surface area contributed by atoms with Crippen molar-refractivity contribution in [2.24, 2.45) is 0 Å². The molecule has 4 aromatic rings. The van der Waals surface area contributed by atoms with Crippen LogP contribution in [0.5, 0.6) is 0 Å². The number of nitrogens with two attached hydrogens (primary N) is 1. The van der Waals surface area contributed by atoms with Crippen molar-refractivity contribution in [1.29, 1.82) is 0 Å². The van der Waals surface area contributed by atoms with E-state index in [1.807, 2.05) is 36.2 Å². The number of nitrogens with zero attached hydrogens (tertiary/aromatic N) is 7. The molecule has 0 saturated carbocycles. The first-order chi connectivity index (χ1) is 16.3. The molecular formula is C22H27F2N9O. The van der Waals surface area contributed by atoms with Crippen LogP contribution in [0, 0.1) is 0 Å². The lowest BCUT2D eigenvalue weighted by Gasteiger charge is -2.50. The second-order valence-electron chi connectivity index (χ2n) is 8.91. The number of anilines is 2. The normalized spacial score (nSPS) is 19.4. The Labute approximate surface area is 194 Å². The minimum absolute atomic E-state index is 0.0421. The highest BCUT2D eigenvalue weighted by atomic mass is 19.3. The minimum atomic E-state index is -2.49. The summed E-state index contributed by atoms with van der Waals surface area (Å²) < 4.78 is 34.6. The smallest absolute Gasteiger partial charge is 0.260 e. The highest BCUT2D eigenvalue weighted by Gasteiger charge is 2.46. The number of hydrogen-bond acceptors (Lipinski definition) is 8. The van der Waals surface area contributed by atoms with Crippen molar-refractivity contribution >= 4 is 22.9 Å². The minimum Gasteiger partial charge on any atom is -0.382 e. The van der Waals surface area contributed by atoms with Gasteiger partial charge in [0.05, 0.1) is 31.0 Å². The fourth-order valence-corrected chi connectivity index (χ4v) is 4.33. The van der Waals surface area contributed by atoms with Gasteiger partial charge in [0.1, 0.15) is 5.52 Å². The summed E-state index contributed by atoms with van der Waals surface area (Å²) in [5.74, 6) is -1.61. The molecule has 0 aromatic carbocycles. The van der Waals surface area contributed by atoms with Crippen molar-refractivity contribution in [3.05, 3.63) is 36.8 Å². The van der Waals surface area contributed by atoms with Crippen LogP contribution >= 0.6 is 0 Å². The molecule has 0 unspecified atom stereocenters. The number of halogens is 2. The van der Waals surface area contributed by atoms with Gasteiger partial charge in [-0.3, -0.25) is 4.90 Å². The van der Waals surface area contributed by atoms with Gasteiger partial charge >= 0.3 is 0 Å². The molecule has 2 aliphatic rings. The Balaban J connectivity index is 0.000000159. The molecule has 3 N–H and O–H groups in total. The second-order valence-corrected chi connectivity index (χ2v) is 8.91. The second kappa shape index (κ2) is 8.44. The number of nitrogens with one attached hydrogen (secondary N) is 1. The van der Waals surface area contributed by atoms with Crippen molar-refractivity contribution in [1.82, 2.24) is 34.1 Å². The number of hydrogen-bond donors (Lipinski definition) is 2. The molecule has 12 heteroatoms. The summed E-state index contributed by atoms with van der Waals surface area (Å²) in [7, 11) is 1.75. The van der Waals surface area contributed by atoms with Crippen LogP contribution in [0.1, 0.15) is 19.8 Å². The number of aromatic nitrogens is 6. The molecule has 0 bridgehead atoms. The van der Waals surface area contributed by atoms with Crippen molar-refractivity contribution in [2.45, 2.75) is 31.2 Å². The third-order valence-corrected chi connectivity index (χ3v) is 6.27. The maximum atomic E-state index is 13.1. The van der Waals surface area contributed by atoms with Gasteiger partial charge in [-0.15, -0.1) is 5.10 Å². The number of fused-ring (bicyclic) bond motifs is 2. The Hall–Kier alpha value is -3.38. The Morgan fingerprint density at radius 3 is 2.65 bits per heavy atom. The van der Waals surface area contributed by atoms with Crippen LogP contribution in [0.2, 0.25) is 0 Å². The molecule has 34 heavy (non-hydrogen) atoms. The van der Waals surface area contributed by atoms with E-state index in [4.69, 9.17) is 10.5 Å². The van der Waals surface area contributed by atoms with E-state index in [9.17, 15) is 8.78 Å². The predicted octanol–water partition coefficient (Wildman–Crippen LogP) is 2.57. The van der Waals surface area contributed by atoms with Crippen LogP contribution in [-0.4, -0.2) is 78.9 Å². The average molecular weight is 472 g/mol. The van der Waals surface area contributed by atoms with E-state index in [0.717, 1.165) is 29.0 Å². The highest BCUT2D eigenvalue weighted by molar-refractivity contribution is 5.86. The fourth-order valence-electron chi connectivity index (χ4n) is 4.33. The number of likely N-dealkylation sites (tertiary alicyclic amines) is 1. The zero-order chi connectivity index (χ0) is 23.9. The molecule has 180 valence electrons. The van der Waals surface area contributed by atoms with Crippen molar-refractivity contribution in [3.8, 4) is 11.3 Å². The van der Waals surface area contributed by atoms with Crippen molar-refractivity contribution in [3.63, 3.8) is 0 Å². The molecule has 10 nitrogen and oxygen atoms in total. The largest absolute Gasteiger partial charge is 0.382 e. The van der Waals surface area contributed by atoms with Gasteiger partial charge in [-0.1, -0.05) is 0 Å². The zero-order valence-electron chi connectivity index (χ0n) is 19.1. The van der Waals surface area contributed by atoms with Gasteiger partial charge in [0.2, 0.25) is 5.95 Å². The molecule has 4 aromatic heterocycles. The molecule has 0 atom stereocenters. The van der Waals surface area contributed by atoms with Gasteiger partial charge in [-0.05, 0) is 38.1 Å². The molecule has 2 fully saturated rings. The van der Waals surface area contributed by atoms with Crippen molar-refractivity contribution in [2.75, 3.05) is 44.4 Å². The lowest BCUT2D eigenvalue weighted by Crippen LogP contribution is -2.63. The summed E-state index contributed by atoms with van der Waals surface area (Å²) in [5.41, 5.74) is 9.13. The van der Waals surface area contributed by atoms with E-state index < -0.39 is 5.92 Å². The molecule has 0 radical (unpaired) electrons. The van der Waals surface area contributed by atoms with Crippen LogP contribution in [0.25, 0.3) is 22.4 Å². The standard InChI is InChI=1S/C13H12N8.C9H15F2NO/c1-15-13-17-12(14)11-8(4-6-21(11)19-13)9-2-3-10-16-5-7-20(10)18-9;1-8(6-13-7-8)12-4-2-3-9(10,11)5-12/h2-7H,1H3,(H3,14,15,17,19);2-7H2,1H3. The number of alkyl halides is 2. The van der Waals surface area contributed by atoms with Crippen LogP contribution in [-0.2, 0) is 4.74 Å². The van der Waals surface area contributed by atoms with E-state index >= 15 is 0 Å².